The first-order valence-corrected chi connectivity index (χ1v) is 8.61. The van der Waals surface area contributed by atoms with Crippen molar-refractivity contribution in [3.63, 3.8) is 0 Å². The Morgan fingerprint density at radius 2 is 1.90 bits per heavy atom. The summed E-state index contributed by atoms with van der Waals surface area (Å²) < 4.78 is 27.5. The van der Waals surface area contributed by atoms with Crippen molar-refractivity contribution in [3.8, 4) is 0 Å². The Kier molecular flexibility index (Phi) is 4.47. The highest BCUT2D eigenvalue weighted by Crippen LogP contribution is 2.25. The number of aryl methyl sites for hydroxylation is 2. The third-order valence-electron chi connectivity index (χ3n) is 3.09. The van der Waals surface area contributed by atoms with E-state index in [2.05, 4.69) is 10.0 Å². The maximum absolute atomic E-state index is 12.4. The molecule has 20 heavy (non-hydrogen) atoms. The quantitative estimate of drug-likeness (QED) is 0.893. The Hall–Kier alpha value is -1.37. The smallest absolute Gasteiger partial charge is 0.263 e. The number of nitrogens with one attached hydrogen (secondary N) is 2. The van der Waals surface area contributed by atoms with Crippen LogP contribution < -0.4 is 10.0 Å². The van der Waals surface area contributed by atoms with Crippen molar-refractivity contribution >= 4 is 27.0 Å². The molecule has 6 heteroatoms. The highest BCUT2D eigenvalue weighted by molar-refractivity contribution is 7.93. The molecule has 0 saturated heterocycles. The summed E-state index contributed by atoms with van der Waals surface area (Å²) in [6.07, 6.45) is 0. The zero-order valence-corrected chi connectivity index (χ0v) is 13.4. The summed E-state index contributed by atoms with van der Waals surface area (Å²) in [5, 5.41) is 4.77. The van der Waals surface area contributed by atoms with Crippen molar-refractivity contribution in [1.29, 1.82) is 0 Å². The lowest BCUT2D eigenvalue weighted by molar-refractivity contribution is 0.600. The fourth-order valence-corrected chi connectivity index (χ4v) is 4.38. The summed E-state index contributed by atoms with van der Waals surface area (Å²) in [5.41, 5.74) is 2.79. The van der Waals surface area contributed by atoms with Crippen LogP contribution >= 0.6 is 11.3 Å². The lowest BCUT2D eigenvalue weighted by atomic mass is 10.1. The lowest BCUT2D eigenvalue weighted by Crippen LogP contribution is -2.15. The molecule has 0 radical (unpaired) electrons. The van der Waals surface area contributed by atoms with Gasteiger partial charge in [-0.05, 0) is 55.6 Å². The van der Waals surface area contributed by atoms with E-state index in [9.17, 15) is 8.42 Å². The monoisotopic (exact) mass is 310 g/mol. The molecular formula is C14H18N2O2S2. The number of rotatable bonds is 5. The molecule has 0 spiro atoms. The molecule has 0 unspecified atom stereocenters. The molecule has 2 N–H and O–H groups in total. The second-order valence-electron chi connectivity index (χ2n) is 4.64. The van der Waals surface area contributed by atoms with Gasteiger partial charge in [-0.25, -0.2) is 8.42 Å². The molecule has 1 aromatic heterocycles. The second kappa shape index (κ2) is 5.95. The van der Waals surface area contributed by atoms with Gasteiger partial charge in [0, 0.05) is 17.1 Å². The van der Waals surface area contributed by atoms with Gasteiger partial charge in [-0.1, -0.05) is 6.07 Å². The summed E-state index contributed by atoms with van der Waals surface area (Å²) in [7, 11) is -1.73. The molecule has 0 aliphatic rings. The van der Waals surface area contributed by atoms with Crippen molar-refractivity contribution in [2.75, 3.05) is 11.8 Å². The van der Waals surface area contributed by atoms with Gasteiger partial charge in [-0.15, -0.1) is 11.3 Å². The molecule has 0 atom stereocenters. The Labute approximate surface area is 123 Å². The van der Waals surface area contributed by atoms with Crippen LogP contribution in [-0.4, -0.2) is 15.5 Å². The number of hydrogen-bond donors (Lipinski definition) is 2. The van der Waals surface area contributed by atoms with E-state index >= 15 is 0 Å². The maximum atomic E-state index is 12.4. The highest BCUT2D eigenvalue weighted by Gasteiger charge is 2.19. The van der Waals surface area contributed by atoms with E-state index < -0.39 is 10.0 Å². The van der Waals surface area contributed by atoms with Crippen LogP contribution in [0.3, 0.4) is 0 Å². The molecule has 1 heterocycles. The van der Waals surface area contributed by atoms with Crippen molar-refractivity contribution in [2.24, 2.45) is 0 Å². The van der Waals surface area contributed by atoms with Gasteiger partial charge >= 0.3 is 0 Å². The molecule has 1 aromatic carbocycles. The van der Waals surface area contributed by atoms with Gasteiger partial charge in [0.15, 0.2) is 0 Å². The average Bonchev–Trinajstić information content (AvgIpc) is 2.83. The first-order valence-electron chi connectivity index (χ1n) is 6.25. The molecule has 2 aromatic rings. The van der Waals surface area contributed by atoms with Crippen LogP contribution in [-0.2, 0) is 16.6 Å². The number of hydrogen-bond acceptors (Lipinski definition) is 4. The summed E-state index contributed by atoms with van der Waals surface area (Å²) in [5.74, 6) is 0. The maximum Gasteiger partial charge on any atom is 0.263 e. The van der Waals surface area contributed by atoms with Gasteiger partial charge in [0.2, 0.25) is 0 Å². The summed E-state index contributed by atoms with van der Waals surface area (Å²) >= 11 is 1.44. The Morgan fingerprint density at radius 1 is 1.15 bits per heavy atom. The number of benzene rings is 1. The Balaban J connectivity index is 2.30. The van der Waals surface area contributed by atoms with E-state index in [4.69, 9.17) is 0 Å². The van der Waals surface area contributed by atoms with Crippen molar-refractivity contribution in [2.45, 2.75) is 25.3 Å². The molecule has 2 rings (SSSR count). The predicted molar refractivity (Wildman–Crippen MR) is 83.8 cm³/mol. The van der Waals surface area contributed by atoms with Crippen LogP contribution in [0.2, 0.25) is 0 Å². The summed E-state index contributed by atoms with van der Waals surface area (Å²) in [6.45, 7) is 4.50. The normalized spacial score (nSPS) is 11.6. The lowest BCUT2D eigenvalue weighted by Gasteiger charge is -2.10. The Morgan fingerprint density at radius 3 is 2.55 bits per heavy atom. The zero-order chi connectivity index (χ0) is 14.8. The third-order valence-corrected chi connectivity index (χ3v) is 5.61. The minimum absolute atomic E-state index is 0.343. The van der Waals surface area contributed by atoms with Gasteiger partial charge in [0.05, 0.1) is 0 Å². The van der Waals surface area contributed by atoms with E-state index in [-0.39, 0.29) is 0 Å². The molecular weight excluding hydrogens is 292 g/mol. The van der Waals surface area contributed by atoms with E-state index in [0.717, 1.165) is 16.0 Å². The summed E-state index contributed by atoms with van der Waals surface area (Å²) in [4.78, 5) is 1.15. The molecule has 0 aliphatic heterocycles. The van der Waals surface area contributed by atoms with Crippen molar-refractivity contribution in [1.82, 2.24) is 5.32 Å². The van der Waals surface area contributed by atoms with Crippen LogP contribution in [0, 0.1) is 13.8 Å². The molecule has 0 fully saturated rings. The van der Waals surface area contributed by atoms with Gasteiger partial charge < -0.3 is 5.32 Å². The average molecular weight is 310 g/mol. The molecule has 0 amide bonds. The van der Waals surface area contributed by atoms with Gasteiger partial charge in [0.1, 0.15) is 4.90 Å². The largest absolute Gasteiger partial charge is 0.315 e. The van der Waals surface area contributed by atoms with E-state index in [0.29, 0.717) is 17.1 Å². The fourth-order valence-electron chi connectivity index (χ4n) is 1.87. The minimum Gasteiger partial charge on any atom is -0.315 e. The van der Waals surface area contributed by atoms with E-state index in [1.807, 2.05) is 26.0 Å². The van der Waals surface area contributed by atoms with Crippen LogP contribution in [0.5, 0.6) is 0 Å². The van der Waals surface area contributed by atoms with Crippen LogP contribution in [0.25, 0.3) is 0 Å². The number of thiophene rings is 1. The first-order chi connectivity index (χ1) is 9.44. The van der Waals surface area contributed by atoms with Crippen LogP contribution in [0.4, 0.5) is 5.69 Å². The topological polar surface area (TPSA) is 58.2 Å². The standard InChI is InChI=1S/C14H18N2O2S2/c1-10-4-5-12(8-11(10)2)16-20(17,18)14-6-7-19-13(14)9-15-3/h4-8,15-16H,9H2,1-3H3. The van der Waals surface area contributed by atoms with Gasteiger partial charge in [0.25, 0.3) is 10.0 Å². The molecule has 0 bridgehead atoms. The SMILES string of the molecule is CNCc1sccc1S(=O)(=O)Nc1ccc(C)c(C)c1. The highest BCUT2D eigenvalue weighted by atomic mass is 32.2. The predicted octanol–water partition coefficient (Wildman–Crippen LogP) is 2.89. The molecule has 4 nitrogen and oxygen atoms in total. The molecule has 0 saturated carbocycles. The van der Waals surface area contributed by atoms with Crippen LogP contribution in [0.15, 0.2) is 34.5 Å². The molecule has 108 valence electrons. The number of anilines is 1. The van der Waals surface area contributed by atoms with E-state index in [1.165, 1.54) is 11.3 Å². The van der Waals surface area contributed by atoms with E-state index in [1.54, 1.807) is 24.6 Å². The minimum atomic E-state index is -3.53. The second-order valence-corrected chi connectivity index (χ2v) is 7.29. The molecule has 0 aliphatic carbocycles. The van der Waals surface area contributed by atoms with Crippen molar-refractivity contribution < 1.29 is 8.42 Å². The van der Waals surface area contributed by atoms with Gasteiger partial charge in [-0.2, -0.15) is 0 Å². The first kappa shape index (κ1) is 15.0. The fraction of sp³-hybridized carbons (Fsp3) is 0.286. The van der Waals surface area contributed by atoms with Crippen LogP contribution in [0.1, 0.15) is 16.0 Å². The third kappa shape index (κ3) is 3.20. The zero-order valence-electron chi connectivity index (χ0n) is 11.7. The summed E-state index contributed by atoms with van der Waals surface area (Å²) in [6, 6.07) is 7.18. The Bertz CT molecular complexity index is 706. The van der Waals surface area contributed by atoms with Gasteiger partial charge in [-0.3, -0.25) is 4.72 Å². The number of sulfonamides is 1. The van der Waals surface area contributed by atoms with Crippen molar-refractivity contribution in [3.05, 3.63) is 45.6 Å².